The fourth-order valence-electron chi connectivity index (χ4n) is 3.81. The third kappa shape index (κ3) is 5.28. The average Bonchev–Trinajstić information content (AvgIpc) is 2.74. The lowest BCUT2D eigenvalue weighted by atomic mass is 9.98. The number of amides is 1. The molecule has 2 aliphatic heterocycles. The molecule has 0 radical (unpaired) electrons. The first-order valence-electron chi connectivity index (χ1n) is 10.2. The highest BCUT2D eigenvalue weighted by atomic mass is 32.2. The van der Waals surface area contributed by atoms with Crippen LogP contribution in [0.2, 0.25) is 0 Å². The van der Waals surface area contributed by atoms with Gasteiger partial charge in [0.25, 0.3) is 10.2 Å². The highest BCUT2D eigenvalue weighted by Crippen LogP contribution is 2.23. The van der Waals surface area contributed by atoms with Crippen molar-refractivity contribution in [2.45, 2.75) is 25.8 Å². The molecule has 162 valence electrons. The van der Waals surface area contributed by atoms with Crippen LogP contribution in [0.25, 0.3) is 0 Å². The number of ether oxygens (including phenoxy) is 1. The first kappa shape index (κ1) is 22.0. The van der Waals surface area contributed by atoms with Crippen LogP contribution < -0.4 is 10.2 Å². The lowest BCUT2D eigenvalue weighted by Crippen LogP contribution is -2.49. The molecule has 2 saturated heterocycles. The number of carbonyl (C=O) groups excluding carboxylic acids is 1. The maximum atomic E-state index is 12.8. The van der Waals surface area contributed by atoms with Crippen molar-refractivity contribution >= 4 is 21.8 Å². The number of hydrogen-bond donors (Lipinski definition) is 1. The van der Waals surface area contributed by atoms with Gasteiger partial charge >= 0.3 is 0 Å². The quantitative estimate of drug-likeness (QED) is 0.743. The summed E-state index contributed by atoms with van der Waals surface area (Å²) in [6.07, 6.45) is 1.39. The van der Waals surface area contributed by atoms with Crippen LogP contribution in [0.5, 0.6) is 0 Å². The number of morpholine rings is 1. The molecule has 8 nitrogen and oxygen atoms in total. The predicted octanol–water partition coefficient (Wildman–Crippen LogP) is 1.22. The van der Waals surface area contributed by atoms with Crippen molar-refractivity contribution < 1.29 is 17.9 Å². The molecule has 1 aromatic carbocycles. The number of hydrogen-bond acceptors (Lipinski definition) is 5. The number of nitrogens with zero attached hydrogens (tertiary/aromatic N) is 3. The Bertz CT molecular complexity index is 791. The number of benzene rings is 1. The summed E-state index contributed by atoms with van der Waals surface area (Å²) in [6, 6.07) is 8.10. The largest absolute Gasteiger partial charge is 0.378 e. The van der Waals surface area contributed by atoms with Gasteiger partial charge in [0.15, 0.2) is 0 Å². The molecule has 29 heavy (non-hydrogen) atoms. The van der Waals surface area contributed by atoms with Crippen LogP contribution in [0.15, 0.2) is 24.3 Å². The highest BCUT2D eigenvalue weighted by molar-refractivity contribution is 7.86. The molecular formula is C20H32N4O4S. The Morgan fingerprint density at radius 3 is 2.45 bits per heavy atom. The van der Waals surface area contributed by atoms with E-state index in [0.29, 0.717) is 19.4 Å². The SMILES string of the molecule is C[C@@H](NC(=O)[C@H]1CCCN(S(=O)(=O)N(C)C)C1)c1ccc(N2CCOCC2)cc1. The Morgan fingerprint density at radius 1 is 1.17 bits per heavy atom. The molecule has 1 aromatic rings. The molecule has 2 heterocycles. The minimum absolute atomic E-state index is 0.0894. The fraction of sp³-hybridized carbons (Fsp3) is 0.650. The summed E-state index contributed by atoms with van der Waals surface area (Å²) in [5.74, 6) is -0.415. The Kier molecular flexibility index (Phi) is 7.15. The lowest BCUT2D eigenvalue weighted by Gasteiger charge is -2.33. The third-order valence-electron chi connectivity index (χ3n) is 5.67. The van der Waals surface area contributed by atoms with E-state index in [0.717, 1.165) is 37.6 Å². The summed E-state index contributed by atoms with van der Waals surface area (Å²) >= 11 is 0. The first-order chi connectivity index (χ1) is 13.8. The number of anilines is 1. The van der Waals surface area contributed by atoms with E-state index in [4.69, 9.17) is 4.74 Å². The molecule has 0 spiro atoms. The van der Waals surface area contributed by atoms with E-state index in [-0.39, 0.29) is 24.4 Å². The van der Waals surface area contributed by atoms with Crippen LogP contribution in [0.4, 0.5) is 5.69 Å². The van der Waals surface area contributed by atoms with Crippen molar-refractivity contribution in [3.8, 4) is 0 Å². The average molecular weight is 425 g/mol. The molecule has 2 aliphatic rings. The van der Waals surface area contributed by atoms with Gasteiger partial charge in [0.1, 0.15) is 0 Å². The van der Waals surface area contributed by atoms with Crippen molar-refractivity contribution in [3.63, 3.8) is 0 Å². The number of piperidine rings is 1. The van der Waals surface area contributed by atoms with E-state index in [2.05, 4.69) is 22.3 Å². The van der Waals surface area contributed by atoms with Crippen molar-refractivity contribution in [2.24, 2.45) is 5.92 Å². The van der Waals surface area contributed by atoms with Crippen molar-refractivity contribution in [1.29, 1.82) is 0 Å². The van der Waals surface area contributed by atoms with Gasteiger partial charge in [0, 0.05) is 46.0 Å². The molecule has 9 heteroatoms. The second-order valence-corrected chi connectivity index (χ2v) is 10.1. The van der Waals surface area contributed by atoms with Gasteiger partial charge in [-0.2, -0.15) is 17.0 Å². The normalized spacial score (nSPS) is 22.5. The molecule has 1 amide bonds. The molecule has 0 unspecified atom stereocenters. The van der Waals surface area contributed by atoms with Crippen LogP contribution >= 0.6 is 0 Å². The summed E-state index contributed by atoms with van der Waals surface area (Å²) in [5, 5.41) is 3.06. The third-order valence-corrected chi connectivity index (χ3v) is 7.58. The summed E-state index contributed by atoms with van der Waals surface area (Å²) in [4.78, 5) is 15.1. The van der Waals surface area contributed by atoms with Crippen molar-refractivity contribution in [3.05, 3.63) is 29.8 Å². The Labute approximate surface area is 174 Å². The molecule has 2 fully saturated rings. The van der Waals surface area contributed by atoms with E-state index in [9.17, 15) is 13.2 Å². The van der Waals surface area contributed by atoms with Crippen LogP contribution in [0, 0.1) is 5.92 Å². The standard InChI is InChI=1S/C20H32N4O4S/c1-16(17-6-8-19(9-7-17)23-11-13-28-14-12-23)21-20(25)18-5-4-10-24(15-18)29(26,27)22(2)3/h6-9,16,18H,4-5,10-15H2,1-3H3,(H,21,25)/t16-,18+/m1/s1. The summed E-state index contributed by atoms with van der Waals surface area (Å²) in [6.45, 7) is 5.92. The Morgan fingerprint density at radius 2 is 1.83 bits per heavy atom. The van der Waals surface area contributed by atoms with E-state index >= 15 is 0 Å². The minimum atomic E-state index is -3.49. The molecule has 0 aromatic heterocycles. The van der Waals surface area contributed by atoms with E-state index in [1.807, 2.05) is 19.1 Å². The van der Waals surface area contributed by atoms with Gasteiger partial charge in [-0.05, 0) is 37.5 Å². The molecule has 0 bridgehead atoms. The van der Waals surface area contributed by atoms with Crippen LogP contribution in [-0.2, 0) is 19.7 Å². The molecule has 0 saturated carbocycles. The number of carbonyl (C=O) groups is 1. The number of rotatable bonds is 6. The van der Waals surface area contributed by atoms with E-state index in [1.54, 1.807) is 0 Å². The predicted molar refractivity (Wildman–Crippen MR) is 113 cm³/mol. The smallest absolute Gasteiger partial charge is 0.281 e. The first-order valence-corrected chi connectivity index (χ1v) is 11.6. The molecule has 2 atom stereocenters. The fourth-order valence-corrected chi connectivity index (χ4v) is 5.00. The second-order valence-electron chi connectivity index (χ2n) is 7.91. The second kappa shape index (κ2) is 9.42. The van der Waals surface area contributed by atoms with Crippen molar-refractivity contribution in [2.75, 3.05) is 58.4 Å². The minimum Gasteiger partial charge on any atom is -0.378 e. The maximum absolute atomic E-state index is 12.8. The Balaban J connectivity index is 1.58. The molecule has 1 N–H and O–H groups in total. The maximum Gasteiger partial charge on any atom is 0.281 e. The molecule has 3 rings (SSSR count). The van der Waals surface area contributed by atoms with Crippen LogP contribution in [0.3, 0.4) is 0 Å². The van der Waals surface area contributed by atoms with E-state index in [1.165, 1.54) is 22.7 Å². The molecule has 0 aliphatic carbocycles. The summed E-state index contributed by atoms with van der Waals surface area (Å²) in [5.41, 5.74) is 2.19. The highest BCUT2D eigenvalue weighted by Gasteiger charge is 2.33. The zero-order valence-electron chi connectivity index (χ0n) is 17.5. The zero-order chi connectivity index (χ0) is 21.0. The number of nitrogens with one attached hydrogen (secondary N) is 1. The summed E-state index contributed by atoms with van der Waals surface area (Å²) < 4.78 is 32.7. The van der Waals surface area contributed by atoms with E-state index < -0.39 is 10.2 Å². The summed E-state index contributed by atoms with van der Waals surface area (Å²) in [7, 11) is -0.458. The van der Waals surface area contributed by atoms with Crippen molar-refractivity contribution in [1.82, 2.24) is 13.9 Å². The van der Waals surface area contributed by atoms with Gasteiger partial charge in [0.05, 0.1) is 25.2 Å². The van der Waals surface area contributed by atoms with Gasteiger partial charge in [-0.3, -0.25) is 4.79 Å². The molecular weight excluding hydrogens is 392 g/mol. The lowest BCUT2D eigenvalue weighted by molar-refractivity contribution is -0.126. The van der Waals surface area contributed by atoms with Gasteiger partial charge in [-0.1, -0.05) is 12.1 Å². The van der Waals surface area contributed by atoms with Crippen LogP contribution in [-0.4, -0.2) is 76.4 Å². The van der Waals surface area contributed by atoms with Gasteiger partial charge in [-0.15, -0.1) is 0 Å². The Hall–Kier alpha value is -1.68. The van der Waals surface area contributed by atoms with Gasteiger partial charge in [0.2, 0.25) is 5.91 Å². The van der Waals surface area contributed by atoms with Gasteiger partial charge < -0.3 is 15.0 Å². The van der Waals surface area contributed by atoms with Crippen LogP contribution in [0.1, 0.15) is 31.4 Å². The monoisotopic (exact) mass is 424 g/mol. The zero-order valence-corrected chi connectivity index (χ0v) is 18.3. The topological polar surface area (TPSA) is 82.2 Å². The van der Waals surface area contributed by atoms with Gasteiger partial charge in [-0.25, -0.2) is 0 Å².